The molecule has 1 aromatic heterocycles. The highest BCUT2D eigenvalue weighted by atomic mass is 32.2. The molecule has 0 radical (unpaired) electrons. The molecule has 172 valence electrons. The summed E-state index contributed by atoms with van der Waals surface area (Å²) in [6, 6.07) is 7.08. The molecule has 31 heavy (non-hydrogen) atoms. The van der Waals surface area contributed by atoms with Gasteiger partial charge in [0.1, 0.15) is 12.5 Å². The standard InChI is InChI=1S/C19H23F3N2O6S/c1-14(15-4-2-5-16(10-15)30-12-19(20,21)22)11-31(27,28)9-3-8-29-13-24-7-6-17(25)23-18(24)26/h2,4-7,10,14H,3,8-9,11-13H2,1H3,(H,23,25,26)/t14-/m0/s1. The largest absolute Gasteiger partial charge is 0.484 e. The van der Waals surface area contributed by atoms with Crippen molar-refractivity contribution >= 4 is 9.84 Å². The molecule has 0 unspecified atom stereocenters. The van der Waals surface area contributed by atoms with Crippen LogP contribution in [0.3, 0.4) is 0 Å². The lowest BCUT2D eigenvalue weighted by Crippen LogP contribution is -2.29. The molecule has 1 N–H and O–H groups in total. The van der Waals surface area contributed by atoms with Crippen molar-refractivity contribution in [3.05, 3.63) is 62.9 Å². The lowest BCUT2D eigenvalue weighted by molar-refractivity contribution is -0.153. The molecule has 0 aliphatic heterocycles. The predicted octanol–water partition coefficient (Wildman–Crippen LogP) is 2.06. The zero-order valence-electron chi connectivity index (χ0n) is 16.7. The minimum Gasteiger partial charge on any atom is -0.484 e. The third kappa shape index (κ3) is 8.97. The molecule has 0 aliphatic carbocycles. The predicted molar refractivity (Wildman–Crippen MR) is 107 cm³/mol. The first-order valence-electron chi connectivity index (χ1n) is 9.33. The number of aromatic amines is 1. The van der Waals surface area contributed by atoms with Gasteiger partial charge in [-0.05, 0) is 30.0 Å². The lowest BCUT2D eigenvalue weighted by atomic mass is 10.0. The van der Waals surface area contributed by atoms with Crippen LogP contribution in [0.1, 0.15) is 24.8 Å². The first-order valence-corrected chi connectivity index (χ1v) is 11.1. The number of hydrogen-bond acceptors (Lipinski definition) is 6. The summed E-state index contributed by atoms with van der Waals surface area (Å²) in [6.45, 7) is 0.199. The summed E-state index contributed by atoms with van der Waals surface area (Å²) >= 11 is 0. The second-order valence-electron chi connectivity index (χ2n) is 6.96. The van der Waals surface area contributed by atoms with Crippen molar-refractivity contribution in [2.75, 3.05) is 24.7 Å². The number of H-pyrrole nitrogens is 1. The van der Waals surface area contributed by atoms with Crippen LogP contribution >= 0.6 is 0 Å². The third-order valence-corrected chi connectivity index (χ3v) is 6.12. The smallest absolute Gasteiger partial charge is 0.422 e. The summed E-state index contributed by atoms with van der Waals surface area (Å²) in [7, 11) is -3.45. The summed E-state index contributed by atoms with van der Waals surface area (Å²) in [6.07, 6.45) is -2.99. The van der Waals surface area contributed by atoms with Gasteiger partial charge < -0.3 is 9.47 Å². The Morgan fingerprint density at radius 2 is 1.94 bits per heavy atom. The quantitative estimate of drug-likeness (QED) is 0.510. The summed E-state index contributed by atoms with van der Waals surface area (Å²) in [5, 5.41) is 0. The van der Waals surface area contributed by atoms with Crippen LogP contribution in [0.15, 0.2) is 46.1 Å². The molecule has 1 aromatic carbocycles. The molecule has 0 fully saturated rings. The number of aromatic nitrogens is 2. The van der Waals surface area contributed by atoms with Gasteiger partial charge in [-0.15, -0.1) is 0 Å². The Hall–Kier alpha value is -2.60. The topological polar surface area (TPSA) is 107 Å². The third-order valence-electron chi connectivity index (χ3n) is 4.20. The molecule has 2 aromatic rings. The molecular weight excluding hydrogens is 441 g/mol. The molecule has 0 spiro atoms. The molecule has 12 heteroatoms. The summed E-state index contributed by atoms with van der Waals surface area (Å²) < 4.78 is 72.6. The van der Waals surface area contributed by atoms with Crippen molar-refractivity contribution in [1.29, 1.82) is 0 Å². The second kappa shape index (κ2) is 10.6. The number of ether oxygens (including phenoxy) is 2. The number of nitrogens with zero attached hydrogens (tertiary/aromatic N) is 1. The van der Waals surface area contributed by atoms with E-state index in [1.165, 1.54) is 30.5 Å². The fourth-order valence-electron chi connectivity index (χ4n) is 2.73. The van der Waals surface area contributed by atoms with Gasteiger partial charge in [0.2, 0.25) is 0 Å². The maximum atomic E-state index is 12.4. The van der Waals surface area contributed by atoms with Gasteiger partial charge in [-0.3, -0.25) is 14.3 Å². The van der Waals surface area contributed by atoms with E-state index in [9.17, 15) is 31.2 Å². The fraction of sp³-hybridized carbons (Fsp3) is 0.474. The Morgan fingerprint density at radius 1 is 1.19 bits per heavy atom. The van der Waals surface area contributed by atoms with E-state index in [1.807, 2.05) is 0 Å². The molecule has 0 amide bonds. The van der Waals surface area contributed by atoms with Crippen LogP contribution < -0.4 is 16.0 Å². The van der Waals surface area contributed by atoms with E-state index < -0.39 is 39.8 Å². The normalized spacial score (nSPS) is 13.2. The molecule has 0 bridgehead atoms. The second-order valence-corrected chi connectivity index (χ2v) is 9.19. The number of halogens is 3. The van der Waals surface area contributed by atoms with E-state index in [4.69, 9.17) is 9.47 Å². The molecule has 0 aliphatic rings. The number of benzene rings is 1. The Balaban J connectivity index is 1.81. The minimum absolute atomic E-state index is 0.0185. The highest BCUT2D eigenvalue weighted by molar-refractivity contribution is 7.91. The Morgan fingerprint density at radius 3 is 2.61 bits per heavy atom. The number of rotatable bonds is 11. The summed E-state index contributed by atoms with van der Waals surface area (Å²) in [5.74, 6) is -0.762. The monoisotopic (exact) mass is 464 g/mol. The van der Waals surface area contributed by atoms with E-state index in [0.717, 1.165) is 4.57 Å². The van der Waals surface area contributed by atoms with Crippen LogP contribution in [0.5, 0.6) is 5.75 Å². The highest BCUT2D eigenvalue weighted by Crippen LogP contribution is 2.24. The van der Waals surface area contributed by atoms with Crippen LogP contribution in [-0.2, 0) is 21.3 Å². The van der Waals surface area contributed by atoms with Crippen molar-refractivity contribution in [3.8, 4) is 5.75 Å². The Kier molecular flexibility index (Phi) is 8.45. The van der Waals surface area contributed by atoms with Gasteiger partial charge in [0.25, 0.3) is 5.56 Å². The van der Waals surface area contributed by atoms with Crippen molar-refractivity contribution in [2.24, 2.45) is 0 Å². The molecular formula is C19H23F3N2O6S. The van der Waals surface area contributed by atoms with Crippen molar-refractivity contribution in [3.63, 3.8) is 0 Å². The van der Waals surface area contributed by atoms with E-state index in [-0.39, 0.29) is 37.0 Å². The Bertz CT molecular complexity index is 1080. The average molecular weight is 464 g/mol. The van der Waals surface area contributed by atoms with E-state index >= 15 is 0 Å². The van der Waals surface area contributed by atoms with Gasteiger partial charge in [0, 0.05) is 18.9 Å². The van der Waals surface area contributed by atoms with E-state index in [0.29, 0.717) is 5.56 Å². The fourth-order valence-corrected chi connectivity index (χ4v) is 4.40. The van der Waals surface area contributed by atoms with Crippen molar-refractivity contribution in [2.45, 2.75) is 32.2 Å². The maximum Gasteiger partial charge on any atom is 0.422 e. The molecule has 1 heterocycles. The SMILES string of the molecule is C[C@@H](CS(=O)(=O)CCCOCn1ccc(=O)[nH]c1=O)c1cccc(OCC(F)(F)F)c1. The zero-order valence-corrected chi connectivity index (χ0v) is 17.5. The van der Waals surface area contributed by atoms with Crippen LogP contribution in [0.4, 0.5) is 13.2 Å². The van der Waals surface area contributed by atoms with Crippen LogP contribution in [0.2, 0.25) is 0 Å². The molecule has 0 saturated heterocycles. The van der Waals surface area contributed by atoms with Gasteiger partial charge in [0.05, 0.1) is 11.5 Å². The van der Waals surface area contributed by atoms with Crippen LogP contribution in [-0.4, -0.2) is 48.9 Å². The molecule has 8 nitrogen and oxygen atoms in total. The first kappa shape index (κ1) is 24.7. The summed E-state index contributed by atoms with van der Waals surface area (Å²) in [4.78, 5) is 24.6. The molecule has 0 saturated carbocycles. The van der Waals surface area contributed by atoms with E-state index in [2.05, 4.69) is 4.98 Å². The zero-order chi connectivity index (χ0) is 23.1. The van der Waals surface area contributed by atoms with E-state index in [1.54, 1.807) is 13.0 Å². The lowest BCUT2D eigenvalue weighted by Gasteiger charge is -2.15. The van der Waals surface area contributed by atoms with Gasteiger partial charge in [-0.1, -0.05) is 19.1 Å². The van der Waals surface area contributed by atoms with Gasteiger partial charge >= 0.3 is 11.9 Å². The number of hydrogen-bond donors (Lipinski definition) is 1. The first-order chi connectivity index (χ1) is 14.5. The van der Waals surface area contributed by atoms with Gasteiger partial charge in [-0.25, -0.2) is 13.2 Å². The number of nitrogens with one attached hydrogen (secondary N) is 1. The number of alkyl halides is 3. The highest BCUT2D eigenvalue weighted by Gasteiger charge is 2.28. The average Bonchev–Trinajstić information content (AvgIpc) is 2.67. The summed E-state index contributed by atoms with van der Waals surface area (Å²) in [5.41, 5.74) is -0.605. The Labute approximate surface area is 176 Å². The van der Waals surface area contributed by atoms with Gasteiger partial charge in [-0.2, -0.15) is 13.2 Å². The molecule has 1 atom stereocenters. The molecule has 2 rings (SSSR count). The van der Waals surface area contributed by atoms with Crippen LogP contribution in [0.25, 0.3) is 0 Å². The van der Waals surface area contributed by atoms with Crippen molar-refractivity contribution < 1.29 is 31.1 Å². The van der Waals surface area contributed by atoms with Crippen molar-refractivity contribution in [1.82, 2.24) is 9.55 Å². The minimum atomic E-state index is -4.46. The van der Waals surface area contributed by atoms with Gasteiger partial charge in [0.15, 0.2) is 16.4 Å². The number of sulfone groups is 1. The van der Waals surface area contributed by atoms with Crippen LogP contribution in [0, 0.1) is 0 Å². The maximum absolute atomic E-state index is 12.4.